The smallest absolute Gasteiger partial charge is 0.335 e. The topological polar surface area (TPSA) is 72.8 Å². The van der Waals surface area contributed by atoms with Gasteiger partial charge < -0.3 is 14.6 Å². The van der Waals surface area contributed by atoms with Gasteiger partial charge in [-0.2, -0.15) is 0 Å². The van der Waals surface area contributed by atoms with Crippen LogP contribution < -0.4 is 0 Å². The first-order chi connectivity index (χ1) is 5.11. The number of aliphatic carboxylic acids is 1. The monoisotopic (exact) mass is 162 g/mol. The molecule has 1 unspecified atom stereocenters. The Labute approximate surface area is 63.9 Å². The van der Waals surface area contributed by atoms with Crippen molar-refractivity contribution in [1.82, 2.24) is 0 Å². The summed E-state index contributed by atoms with van der Waals surface area (Å²) in [4.78, 5) is 20.8. The van der Waals surface area contributed by atoms with Gasteiger partial charge in [-0.1, -0.05) is 0 Å². The highest BCUT2D eigenvalue weighted by Gasteiger charge is 2.21. The van der Waals surface area contributed by atoms with Crippen LogP contribution in [0.5, 0.6) is 0 Å². The molecular formula is C6H10O5. The molecule has 0 aliphatic carbocycles. The number of carbonyl (C=O) groups excluding carboxylic acids is 1. The second-order valence-electron chi connectivity index (χ2n) is 1.85. The van der Waals surface area contributed by atoms with Crippen LogP contribution in [-0.2, 0) is 19.1 Å². The lowest BCUT2D eigenvalue weighted by Gasteiger charge is -2.08. The highest BCUT2D eigenvalue weighted by molar-refractivity contribution is 5.80. The third kappa shape index (κ3) is 3.57. The van der Waals surface area contributed by atoms with Gasteiger partial charge in [-0.05, 0) is 0 Å². The molecule has 0 rings (SSSR count). The molecule has 0 heterocycles. The standard InChI is InChI=1S/C6H10O5/c1-10-4(3-5(7)8)6(9)11-2/h4H,3H2,1-2H3,(H,7,8). The summed E-state index contributed by atoms with van der Waals surface area (Å²) in [5.74, 6) is -1.77. The van der Waals surface area contributed by atoms with Crippen LogP contribution >= 0.6 is 0 Å². The Morgan fingerprint density at radius 3 is 2.27 bits per heavy atom. The van der Waals surface area contributed by atoms with Gasteiger partial charge in [0.1, 0.15) is 0 Å². The van der Waals surface area contributed by atoms with Crippen molar-refractivity contribution >= 4 is 11.9 Å². The first-order valence-corrected chi connectivity index (χ1v) is 2.94. The molecule has 0 amide bonds. The van der Waals surface area contributed by atoms with Crippen molar-refractivity contribution in [1.29, 1.82) is 0 Å². The van der Waals surface area contributed by atoms with Crippen molar-refractivity contribution in [3.63, 3.8) is 0 Å². The number of rotatable bonds is 4. The third-order valence-corrected chi connectivity index (χ3v) is 1.11. The lowest BCUT2D eigenvalue weighted by atomic mass is 10.2. The molecule has 64 valence electrons. The summed E-state index contributed by atoms with van der Waals surface area (Å²) in [6, 6.07) is 0. The number of esters is 1. The molecule has 0 fully saturated rings. The molecule has 0 aromatic rings. The van der Waals surface area contributed by atoms with Gasteiger partial charge in [0.25, 0.3) is 0 Å². The van der Waals surface area contributed by atoms with Gasteiger partial charge in [-0.15, -0.1) is 0 Å². The third-order valence-electron chi connectivity index (χ3n) is 1.11. The molecule has 0 aliphatic rings. The molecule has 0 aromatic heterocycles. The number of hydrogen-bond donors (Lipinski definition) is 1. The maximum Gasteiger partial charge on any atom is 0.335 e. The maximum atomic E-state index is 10.7. The summed E-state index contributed by atoms with van der Waals surface area (Å²) in [6.07, 6.45) is -1.37. The van der Waals surface area contributed by atoms with Crippen molar-refractivity contribution in [3.8, 4) is 0 Å². The average molecular weight is 162 g/mol. The zero-order valence-electron chi connectivity index (χ0n) is 6.36. The van der Waals surface area contributed by atoms with E-state index in [1.165, 1.54) is 14.2 Å². The molecule has 1 atom stereocenters. The summed E-state index contributed by atoms with van der Waals surface area (Å²) in [7, 11) is 2.43. The van der Waals surface area contributed by atoms with E-state index in [9.17, 15) is 9.59 Å². The molecule has 0 aromatic carbocycles. The van der Waals surface area contributed by atoms with Gasteiger partial charge in [0.05, 0.1) is 13.5 Å². The van der Waals surface area contributed by atoms with E-state index < -0.39 is 18.0 Å². The largest absolute Gasteiger partial charge is 0.481 e. The van der Waals surface area contributed by atoms with Crippen LogP contribution in [0.4, 0.5) is 0 Å². The fraction of sp³-hybridized carbons (Fsp3) is 0.667. The van der Waals surface area contributed by atoms with E-state index in [1.807, 2.05) is 0 Å². The SMILES string of the molecule is COC(=O)C(CC(=O)O)OC. The van der Waals surface area contributed by atoms with Crippen molar-refractivity contribution in [2.45, 2.75) is 12.5 Å². The summed E-state index contributed by atoms with van der Waals surface area (Å²) < 4.78 is 8.84. The van der Waals surface area contributed by atoms with Crippen LogP contribution in [0, 0.1) is 0 Å². The van der Waals surface area contributed by atoms with Crippen molar-refractivity contribution in [3.05, 3.63) is 0 Å². The molecule has 0 aliphatic heterocycles. The normalized spacial score (nSPS) is 12.2. The molecular weight excluding hydrogens is 152 g/mol. The van der Waals surface area contributed by atoms with E-state index in [0.29, 0.717) is 0 Å². The van der Waals surface area contributed by atoms with Gasteiger partial charge in [-0.25, -0.2) is 4.79 Å². The molecule has 1 N–H and O–H groups in total. The Morgan fingerprint density at radius 1 is 1.45 bits per heavy atom. The Balaban J connectivity index is 3.94. The number of hydrogen-bond acceptors (Lipinski definition) is 4. The van der Waals surface area contributed by atoms with Crippen molar-refractivity contribution in [2.75, 3.05) is 14.2 Å². The Bertz CT molecular complexity index is 153. The van der Waals surface area contributed by atoms with Crippen LogP contribution in [0.25, 0.3) is 0 Å². The Morgan fingerprint density at radius 2 is 2.00 bits per heavy atom. The Hall–Kier alpha value is -1.10. The van der Waals surface area contributed by atoms with Crippen molar-refractivity contribution in [2.24, 2.45) is 0 Å². The fourth-order valence-electron chi connectivity index (χ4n) is 0.553. The van der Waals surface area contributed by atoms with E-state index >= 15 is 0 Å². The van der Waals surface area contributed by atoms with E-state index in [0.717, 1.165) is 0 Å². The van der Waals surface area contributed by atoms with Gasteiger partial charge in [0.2, 0.25) is 0 Å². The zero-order chi connectivity index (χ0) is 8.85. The van der Waals surface area contributed by atoms with Crippen LogP contribution in [0.15, 0.2) is 0 Å². The zero-order valence-corrected chi connectivity index (χ0v) is 6.36. The van der Waals surface area contributed by atoms with E-state index in [1.54, 1.807) is 0 Å². The fourth-order valence-corrected chi connectivity index (χ4v) is 0.553. The molecule has 0 saturated carbocycles. The summed E-state index contributed by atoms with van der Waals surface area (Å²) in [5, 5.41) is 8.27. The lowest BCUT2D eigenvalue weighted by molar-refractivity contribution is -0.157. The number of carboxylic acid groups (broad SMARTS) is 1. The lowest BCUT2D eigenvalue weighted by Crippen LogP contribution is -2.27. The molecule has 0 radical (unpaired) electrons. The van der Waals surface area contributed by atoms with E-state index in [4.69, 9.17) is 5.11 Å². The number of carbonyl (C=O) groups is 2. The van der Waals surface area contributed by atoms with E-state index in [2.05, 4.69) is 9.47 Å². The van der Waals surface area contributed by atoms with Gasteiger partial charge >= 0.3 is 11.9 Å². The minimum Gasteiger partial charge on any atom is -0.481 e. The molecule has 5 nitrogen and oxygen atoms in total. The molecule has 11 heavy (non-hydrogen) atoms. The van der Waals surface area contributed by atoms with Crippen LogP contribution in [0.3, 0.4) is 0 Å². The highest BCUT2D eigenvalue weighted by Crippen LogP contribution is 1.98. The second-order valence-corrected chi connectivity index (χ2v) is 1.85. The van der Waals surface area contributed by atoms with Crippen LogP contribution in [-0.4, -0.2) is 37.4 Å². The summed E-state index contributed by atoms with van der Waals surface area (Å²) in [5.41, 5.74) is 0. The van der Waals surface area contributed by atoms with Gasteiger partial charge in [-0.3, -0.25) is 4.79 Å². The molecule has 0 saturated heterocycles. The highest BCUT2D eigenvalue weighted by atomic mass is 16.6. The number of carboxylic acids is 1. The quantitative estimate of drug-likeness (QED) is 0.572. The minimum absolute atomic E-state index is 0.372. The summed E-state index contributed by atoms with van der Waals surface area (Å²) in [6.45, 7) is 0. The van der Waals surface area contributed by atoms with Crippen molar-refractivity contribution < 1.29 is 24.2 Å². The minimum atomic E-state index is -1.10. The first kappa shape index (κ1) is 9.90. The second kappa shape index (κ2) is 4.68. The molecule has 5 heteroatoms. The van der Waals surface area contributed by atoms with Crippen LogP contribution in [0.2, 0.25) is 0 Å². The summed E-state index contributed by atoms with van der Waals surface area (Å²) >= 11 is 0. The first-order valence-electron chi connectivity index (χ1n) is 2.94. The molecule has 0 bridgehead atoms. The van der Waals surface area contributed by atoms with Crippen LogP contribution in [0.1, 0.15) is 6.42 Å². The predicted molar refractivity (Wildman–Crippen MR) is 35.1 cm³/mol. The maximum absolute atomic E-state index is 10.7. The Kier molecular flexibility index (Phi) is 4.21. The van der Waals surface area contributed by atoms with Gasteiger partial charge in [0, 0.05) is 7.11 Å². The number of methoxy groups -OCH3 is 2. The van der Waals surface area contributed by atoms with Gasteiger partial charge in [0.15, 0.2) is 6.10 Å². The average Bonchev–Trinajstić information content (AvgIpc) is 1.98. The molecule has 0 spiro atoms. The number of ether oxygens (including phenoxy) is 2. The van der Waals surface area contributed by atoms with E-state index in [-0.39, 0.29) is 6.42 Å². The predicted octanol–water partition coefficient (Wildman–Crippen LogP) is -0.351.